The number of allylic oxidation sites excluding steroid dienone is 1. The first-order valence-electron chi connectivity index (χ1n) is 8.74. The Balaban J connectivity index is 1.54. The van der Waals surface area contributed by atoms with Crippen molar-refractivity contribution in [1.82, 2.24) is 14.8 Å². The molecule has 1 aliphatic rings. The third-order valence-corrected chi connectivity index (χ3v) is 4.26. The molecule has 1 fully saturated rings. The fourth-order valence-electron chi connectivity index (χ4n) is 2.87. The zero-order chi connectivity index (χ0) is 18.4. The largest absolute Gasteiger partial charge is 0.401 e. The Kier molecular flexibility index (Phi) is 5.83. The molecular formula is C18H24FN7. The third-order valence-electron chi connectivity index (χ3n) is 4.26. The molecule has 0 amide bonds. The molecule has 1 saturated heterocycles. The van der Waals surface area contributed by atoms with Gasteiger partial charge < -0.3 is 21.4 Å². The number of aryl methyl sites for hydroxylation is 1. The molecule has 2 aromatic rings. The number of alkyl halides is 1. The van der Waals surface area contributed by atoms with Crippen LogP contribution in [0.25, 0.3) is 0 Å². The van der Waals surface area contributed by atoms with E-state index in [1.807, 2.05) is 12.1 Å². The molecule has 0 bridgehead atoms. The Morgan fingerprint density at radius 2 is 2.12 bits per heavy atom. The Hall–Kier alpha value is -2.90. The molecule has 0 aliphatic carbocycles. The van der Waals surface area contributed by atoms with E-state index in [2.05, 4.69) is 20.3 Å². The van der Waals surface area contributed by atoms with E-state index < -0.39 is 6.67 Å². The van der Waals surface area contributed by atoms with Crippen LogP contribution in [0.1, 0.15) is 18.4 Å². The number of nitrogens with zero attached hydrogens (tertiary/aromatic N) is 4. The predicted octanol–water partition coefficient (Wildman–Crippen LogP) is 2.17. The van der Waals surface area contributed by atoms with Gasteiger partial charge in [0.15, 0.2) is 0 Å². The van der Waals surface area contributed by atoms with Gasteiger partial charge in [0.1, 0.15) is 12.5 Å². The predicted molar refractivity (Wildman–Crippen MR) is 101 cm³/mol. The average molecular weight is 357 g/mol. The van der Waals surface area contributed by atoms with Gasteiger partial charge in [-0.1, -0.05) is 0 Å². The highest BCUT2D eigenvalue weighted by Crippen LogP contribution is 2.17. The second-order valence-electron chi connectivity index (χ2n) is 6.27. The Morgan fingerprint density at radius 1 is 1.31 bits per heavy atom. The fraction of sp³-hybridized carbons (Fsp3) is 0.389. The van der Waals surface area contributed by atoms with Crippen molar-refractivity contribution in [1.29, 1.82) is 5.41 Å². The van der Waals surface area contributed by atoms with Gasteiger partial charge in [0.2, 0.25) is 0 Å². The minimum absolute atomic E-state index is 0.234. The summed E-state index contributed by atoms with van der Waals surface area (Å²) < 4.78 is 13.8. The highest BCUT2D eigenvalue weighted by molar-refractivity contribution is 6.06. The Bertz CT molecular complexity index is 760. The molecule has 1 aliphatic heterocycles. The molecule has 0 spiro atoms. The van der Waals surface area contributed by atoms with Gasteiger partial charge in [-0.2, -0.15) is 5.10 Å². The van der Waals surface area contributed by atoms with E-state index in [9.17, 15) is 4.39 Å². The van der Waals surface area contributed by atoms with Gasteiger partial charge in [-0.3, -0.25) is 4.68 Å². The first-order chi connectivity index (χ1) is 12.7. The van der Waals surface area contributed by atoms with Crippen molar-refractivity contribution < 1.29 is 4.39 Å². The highest BCUT2D eigenvalue weighted by atomic mass is 19.1. The van der Waals surface area contributed by atoms with Crippen molar-refractivity contribution in [2.24, 2.45) is 5.73 Å². The van der Waals surface area contributed by atoms with Gasteiger partial charge in [0, 0.05) is 36.7 Å². The SMILES string of the molecule is N=C(C=C(N)CNc1cnn(CCF)c1)c1ccc(N2CCCC2)nc1. The molecule has 0 aromatic carbocycles. The molecule has 0 unspecified atom stereocenters. The molecule has 2 aromatic heterocycles. The van der Waals surface area contributed by atoms with E-state index in [1.165, 1.54) is 17.5 Å². The third kappa shape index (κ3) is 4.59. The summed E-state index contributed by atoms with van der Waals surface area (Å²) in [6.45, 7) is 2.25. The van der Waals surface area contributed by atoms with Crippen LogP contribution >= 0.6 is 0 Å². The van der Waals surface area contributed by atoms with Crippen molar-refractivity contribution in [3.63, 3.8) is 0 Å². The minimum atomic E-state index is -0.453. The summed E-state index contributed by atoms with van der Waals surface area (Å²) in [5.41, 5.74) is 8.33. The first kappa shape index (κ1) is 17.9. The Morgan fingerprint density at radius 3 is 2.81 bits per heavy atom. The van der Waals surface area contributed by atoms with Crippen LogP contribution in [0.3, 0.4) is 0 Å². The van der Waals surface area contributed by atoms with Crippen LogP contribution in [0.4, 0.5) is 15.9 Å². The number of nitrogens with one attached hydrogen (secondary N) is 2. The standard InChI is InChI=1S/C18H24FN7/c19-5-8-26-13-16(12-24-26)22-11-15(20)9-17(21)14-3-4-18(23-10-14)25-6-1-2-7-25/h3-4,9-10,12-13,21-22H,1-2,5-8,11,20H2. The number of pyridine rings is 1. The topological polar surface area (TPSA) is 95.8 Å². The van der Waals surface area contributed by atoms with E-state index in [4.69, 9.17) is 11.1 Å². The van der Waals surface area contributed by atoms with E-state index in [0.717, 1.165) is 30.2 Å². The second kappa shape index (κ2) is 8.46. The summed E-state index contributed by atoms with van der Waals surface area (Å²) in [7, 11) is 0. The van der Waals surface area contributed by atoms with Gasteiger partial charge in [0.05, 0.1) is 30.7 Å². The normalized spacial score (nSPS) is 14.7. The van der Waals surface area contributed by atoms with Crippen molar-refractivity contribution in [3.8, 4) is 0 Å². The van der Waals surface area contributed by atoms with Crippen molar-refractivity contribution in [3.05, 3.63) is 48.1 Å². The zero-order valence-electron chi connectivity index (χ0n) is 14.7. The van der Waals surface area contributed by atoms with Crippen molar-refractivity contribution in [2.75, 3.05) is 36.5 Å². The lowest BCUT2D eigenvalue weighted by atomic mass is 10.1. The fourth-order valence-corrected chi connectivity index (χ4v) is 2.87. The zero-order valence-corrected chi connectivity index (χ0v) is 14.7. The summed E-state index contributed by atoms with van der Waals surface area (Å²) in [5, 5.41) is 15.3. The van der Waals surface area contributed by atoms with Crippen LogP contribution in [-0.4, -0.2) is 46.8 Å². The quantitative estimate of drug-likeness (QED) is 0.629. The number of rotatable bonds is 8. The molecule has 0 saturated carbocycles. The van der Waals surface area contributed by atoms with E-state index in [1.54, 1.807) is 24.7 Å². The summed E-state index contributed by atoms with van der Waals surface area (Å²) in [6, 6.07) is 3.86. The molecule has 3 heterocycles. The lowest BCUT2D eigenvalue weighted by Crippen LogP contribution is -2.19. The lowest BCUT2D eigenvalue weighted by molar-refractivity contribution is 0.427. The molecule has 4 N–H and O–H groups in total. The van der Waals surface area contributed by atoms with Crippen LogP contribution in [0.5, 0.6) is 0 Å². The van der Waals surface area contributed by atoms with Crippen LogP contribution in [0.2, 0.25) is 0 Å². The van der Waals surface area contributed by atoms with Gasteiger partial charge in [-0.25, -0.2) is 9.37 Å². The van der Waals surface area contributed by atoms with Crippen LogP contribution in [0, 0.1) is 5.41 Å². The first-order valence-corrected chi connectivity index (χ1v) is 8.74. The summed E-state index contributed by atoms with van der Waals surface area (Å²) in [6.07, 6.45) is 9.09. The summed E-state index contributed by atoms with van der Waals surface area (Å²) in [4.78, 5) is 6.72. The Labute approximate surface area is 152 Å². The molecule has 138 valence electrons. The molecular weight excluding hydrogens is 333 g/mol. The van der Waals surface area contributed by atoms with Gasteiger partial charge in [-0.15, -0.1) is 0 Å². The maximum absolute atomic E-state index is 12.3. The van der Waals surface area contributed by atoms with Crippen molar-refractivity contribution >= 4 is 17.2 Å². The van der Waals surface area contributed by atoms with Gasteiger partial charge >= 0.3 is 0 Å². The summed E-state index contributed by atoms with van der Waals surface area (Å²) in [5.74, 6) is 0.961. The molecule has 3 rings (SSSR count). The molecule has 0 atom stereocenters. The molecule has 7 nitrogen and oxygen atoms in total. The molecule has 26 heavy (non-hydrogen) atoms. The smallest absolute Gasteiger partial charge is 0.128 e. The number of aromatic nitrogens is 3. The lowest BCUT2D eigenvalue weighted by Gasteiger charge is -2.16. The van der Waals surface area contributed by atoms with Crippen LogP contribution < -0.4 is 16.0 Å². The minimum Gasteiger partial charge on any atom is -0.401 e. The van der Waals surface area contributed by atoms with Gasteiger partial charge in [0.25, 0.3) is 0 Å². The second-order valence-corrected chi connectivity index (χ2v) is 6.27. The number of anilines is 2. The number of hydrogen-bond acceptors (Lipinski definition) is 6. The van der Waals surface area contributed by atoms with Crippen LogP contribution in [-0.2, 0) is 6.54 Å². The van der Waals surface area contributed by atoms with Crippen molar-refractivity contribution in [2.45, 2.75) is 19.4 Å². The van der Waals surface area contributed by atoms with E-state index in [-0.39, 0.29) is 6.54 Å². The maximum Gasteiger partial charge on any atom is 0.128 e. The average Bonchev–Trinajstić information content (AvgIpc) is 3.32. The highest BCUT2D eigenvalue weighted by Gasteiger charge is 2.13. The number of halogens is 1. The number of nitrogens with two attached hydrogens (primary N) is 1. The van der Waals surface area contributed by atoms with Gasteiger partial charge in [-0.05, 0) is 31.1 Å². The monoisotopic (exact) mass is 357 g/mol. The number of hydrogen-bond donors (Lipinski definition) is 3. The van der Waals surface area contributed by atoms with Crippen LogP contribution in [0.15, 0.2) is 42.5 Å². The maximum atomic E-state index is 12.3. The van der Waals surface area contributed by atoms with E-state index in [0.29, 0.717) is 18.0 Å². The van der Waals surface area contributed by atoms with E-state index >= 15 is 0 Å². The summed E-state index contributed by atoms with van der Waals surface area (Å²) >= 11 is 0. The molecule has 8 heteroatoms. The molecule has 0 radical (unpaired) electrons.